The van der Waals surface area contributed by atoms with Gasteiger partial charge in [0.05, 0.1) is 25.2 Å². The van der Waals surface area contributed by atoms with Crippen molar-refractivity contribution in [1.82, 2.24) is 34.9 Å². The van der Waals surface area contributed by atoms with E-state index in [9.17, 15) is 19.2 Å². The molecule has 2 aliphatic rings. The summed E-state index contributed by atoms with van der Waals surface area (Å²) in [5, 5.41) is 10.6. The number of ether oxygens (including phenoxy) is 1. The Morgan fingerprint density at radius 3 is 2.61 bits per heavy atom. The third kappa shape index (κ3) is 7.99. The molecule has 0 saturated carbocycles. The molecule has 3 aromatic heterocycles. The molecule has 2 bridgehead atoms. The second-order valence-corrected chi connectivity index (χ2v) is 14.7. The number of halogens is 2. The number of anilines is 1. The zero-order chi connectivity index (χ0) is 36.5. The van der Waals surface area contributed by atoms with Crippen molar-refractivity contribution in [1.29, 1.82) is 0 Å². The van der Waals surface area contributed by atoms with Crippen LogP contribution in [0.3, 0.4) is 0 Å². The number of hydrogen-bond donors (Lipinski definition) is 2. The van der Waals surface area contributed by atoms with Crippen molar-refractivity contribution in [2.75, 3.05) is 25.0 Å². The monoisotopic (exact) mass is 762 g/mol. The molecule has 0 aliphatic carbocycles. The van der Waals surface area contributed by atoms with Crippen LogP contribution in [0.1, 0.15) is 68.3 Å². The number of aromatic nitrogens is 5. The van der Waals surface area contributed by atoms with Crippen LogP contribution in [0.5, 0.6) is 0 Å². The minimum Gasteiger partial charge on any atom is -0.377 e. The maximum absolute atomic E-state index is 16.7. The first-order valence-corrected chi connectivity index (χ1v) is 17.6. The minimum atomic E-state index is -2.10. The Morgan fingerprint density at radius 2 is 1.86 bits per heavy atom. The number of nitrogens with zero attached hydrogens (tertiary/aromatic N) is 6. The summed E-state index contributed by atoms with van der Waals surface area (Å²) in [5.41, 5.74) is -0.0693. The van der Waals surface area contributed by atoms with Gasteiger partial charge in [-0.25, -0.2) is 19.3 Å². The molecule has 1 fully saturated rings. The number of benzene rings is 1. The van der Waals surface area contributed by atoms with E-state index in [4.69, 9.17) is 4.74 Å². The Balaban J connectivity index is 1.32. The molecule has 3 amide bonds. The van der Waals surface area contributed by atoms with Gasteiger partial charge in [0.25, 0.3) is 0 Å². The topological polar surface area (TPSA) is 161 Å². The molecular weight excluding hydrogens is 723 g/mol. The zero-order valence-corrected chi connectivity index (χ0v) is 30.5. The van der Waals surface area contributed by atoms with Gasteiger partial charge in [0, 0.05) is 54.3 Å². The highest BCUT2D eigenvalue weighted by atomic mass is 79.9. The molecule has 268 valence electrons. The number of carbonyl (C=O) groups is 4. The van der Waals surface area contributed by atoms with E-state index < -0.39 is 35.5 Å². The van der Waals surface area contributed by atoms with Gasteiger partial charge < -0.3 is 20.3 Å². The molecule has 1 saturated heterocycles. The number of Topliss-reactive ketones (excluding diaryl/α,β-unsaturated/α-hetero) is 1. The number of carbonyl (C=O) groups excluding carboxylic acids is 4. The zero-order valence-electron chi connectivity index (χ0n) is 29.0. The van der Waals surface area contributed by atoms with Gasteiger partial charge in [0.15, 0.2) is 5.78 Å². The molecule has 4 aromatic rings. The van der Waals surface area contributed by atoms with Gasteiger partial charge in [-0.05, 0) is 59.5 Å². The van der Waals surface area contributed by atoms with Gasteiger partial charge in [0.1, 0.15) is 40.2 Å². The fourth-order valence-electron chi connectivity index (χ4n) is 6.49. The average Bonchev–Trinajstić information content (AvgIpc) is 3.64. The van der Waals surface area contributed by atoms with Crippen LogP contribution < -0.4 is 10.6 Å². The van der Waals surface area contributed by atoms with Crippen molar-refractivity contribution in [2.45, 2.75) is 78.2 Å². The smallest absolute Gasteiger partial charge is 0.248 e. The predicted octanol–water partition coefficient (Wildman–Crippen LogP) is 4.95. The number of fused-ring (bicyclic) bond motifs is 4. The van der Waals surface area contributed by atoms with E-state index in [1.165, 1.54) is 16.5 Å². The van der Waals surface area contributed by atoms with Gasteiger partial charge in [-0.2, -0.15) is 5.10 Å². The summed E-state index contributed by atoms with van der Waals surface area (Å²) in [4.78, 5) is 68.1. The molecule has 5 heterocycles. The lowest BCUT2D eigenvalue weighted by Crippen LogP contribution is -2.47. The van der Waals surface area contributed by atoms with Crippen LogP contribution >= 0.6 is 15.9 Å². The Morgan fingerprint density at radius 1 is 1.10 bits per heavy atom. The lowest BCUT2D eigenvalue weighted by atomic mass is 9.86. The van der Waals surface area contributed by atoms with E-state index in [2.05, 4.69) is 46.6 Å². The second kappa shape index (κ2) is 14.5. The highest BCUT2D eigenvalue weighted by Crippen LogP contribution is 2.34. The van der Waals surface area contributed by atoms with Crippen LogP contribution in [-0.2, 0) is 32.3 Å². The number of hydrogen-bond acceptors (Lipinski definition) is 9. The van der Waals surface area contributed by atoms with Crippen LogP contribution in [-0.4, -0.2) is 84.5 Å². The number of alkyl halides is 1. The molecule has 0 unspecified atom stereocenters. The number of nitrogens with one attached hydrogen (secondary N) is 2. The molecular formula is C36H40BrFN8O5. The fraction of sp³-hybridized carbons (Fsp3) is 0.444. The fourth-order valence-corrected chi connectivity index (χ4v) is 6.80. The van der Waals surface area contributed by atoms with E-state index >= 15 is 4.39 Å². The maximum Gasteiger partial charge on any atom is 0.248 e. The second-order valence-electron chi connectivity index (χ2n) is 13.9. The van der Waals surface area contributed by atoms with Gasteiger partial charge in [0.2, 0.25) is 17.7 Å². The van der Waals surface area contributed by atoms with Crippen molar-refractivity contribution in [3.05, 3.63) is 64.4 Å². The maximum atomic E-state index is 16.7. The molecule has 2 atom stereocenters. The number of rotatable bonds is 4. The number of likely N-dealkylation sites (tertiary alicyclic amines) is 1. The first-order chi connectivity index (χ1) is 24.2. The van der Waals surface area contributed by atoms with Gasteiger partial charge >= 0.3 is 0 Å². The average molecular weight is 764 g/mol. The van der Waals surface area contributed by atoms with Crippen molar-refractivity contribution in [2.24, 2.45) is 5.41 Å². The molecule has 2 N–H and O–H groups in total. The van der Waals surface area contributed by atoms with Crippen LogP contribution in [0.4, 0.5) is 10.2 Å². The first-order valence-electron chi connectivity index (χ1n) is 16.8. The molecule has 15 heteroatoms. The molecule has 1 aromatic carbocycles. The Kier molecular flexibility index (Phi) is 10.3. The van der Waals surface area contributed by atoms with Crippen LogP contribution in [0.2, 0.25) is 0 Å². The summed E-state index contributed by atoms with van der Waals surface area (Å²) >= 11 is 3.35. The third-order valence-electron chi connectivity index (χ3n) is 9.46. The summed E-state index contributed by atoms with van der Waals surface area (Å²) in [5.74, 6) is -0.980. The lowest BCUT2D eigenvalue weighted by molar-refractivity contribution is -0.137. The van der Waals surface area contributed by atoms with Crippen LogP contribution in [0.15, 0.2) is 47.3 Å². The molecule has 6 rings (SSSR count). The number of pyridine rings is 1. The highest BCUT2D eigenvalue weighted by molar-refractivity contribution is 9.10. The van der Waals surface area contributed by atoms with E-state index in [1.54, 1.807) is 43.6 Å². The standard InChI is InChI=1S/C36H40BrFN8O5/c1-21(47)31-26-13-23(25-15-39-22(2)40-16-25)7-9-27(26)46(44-31)17-30(48)45-20-36(38)14-28(45)33(49)43-32-24(8-10-29(37)42-32)18-51-12-6-5-11-35(3,4)34(50)41-19-36/h7-10,13,15-16,28H,5-6,11-12,14,17-20H2,1-4H3,(H,41,50)(H,42,43,49)/t28-,36-/m0/s1. The molecule has 0 spiro atoms. The Bertz CT molecular complexity index is 2000. The first kappa shape index (κ1) is 36.2. The lowest BCUT2D eigenvalue weighted by Gasteiger charge is -2.27. The van der Waals surface area contributed by atoms with Crippen LogP contribution in [0, 0.1) is 12.3 Å². The number of ketones is 1. The SMILES string of the molecule is CC(=O)c1nn(CC(=O)N2C[C@@]3(F)CNC(=O)C(C)(C)CCCCOCc4ccc(Br)nc4NC(=O)[C@@H]2C3)c2ccc(-c3cnc(C)nc3)cc12. The van der Waals surface area contributed by atoms with E-state index in [1.807, 2.05) is 19.9 Å². The van der Waals surface area contributed by atoms with E-state index in [0.717, 1.165) is 24.0 Å². The van der Waals surface area contributed by atoms with Gasteiger partial charge in [-0.15, -0.1) is 0 Å². The highest BCUT2D eigenvalue weighted by Gasteiger charge is 2.50. The van der Waals surface area contributed by atoms with E-state index in [-0.39, 0.29) is 49.3 Å². The normalized spacial score (nSPS) is 21.5. The molecule has 2 aliphatic heterocycles. The summed E-state index contributed by atoms with van der Waals surface area (Å²) in [6.07, 6.45) is 5.03. The van der Waals surface area contributed by atoms with Crippen molar-refractivity contribution >= 4 is 56.2 Å². The predicted molar refractivity (Wildman–Crippen MR) is 190 cm³/mol. The Hall–Kier alpha value is -4.63. The van der Waals surface area contributed by atoms with Crippen LogP contribution in [0.25, 0.3) is 22.0 Å². The van der Waals surface area contributed by atoms with Gasteiger partial charge in [-0.3, -0.25) is 23.9 Å². The summed E-state index contributed by atoms with van der Waals surface area (Å²) in [6.45, 7) is 6.21. The minimum absolute atomic E-state index is 0.164. The molecule has 13 nitrogen and oxygen atoms in total. The van der Waals surface area contributed by atoms with Crippen molar-refractivity contribution in [3.63, 3.8) is 0 Å². The summed E-state index contributed by atoms with van der Waals surface area (Å²) in [7, 11) is 0. The largest absolute Gasteiger partial charge is 0.377 e. The number of aryl methyl sites for hydroxylation is 1. The van der Waals surface area contributed by atoms with Crippen molar-refractivity contribution < 1.29 is 28.3 Å². The Labute approximate surface area is 302 Å². The summed E-state index contributed by atoms with van der Waals surface area (Å²) < 4.78 is 24.5. The van der Waals surface area contributed by atoms with Crippen molar-refractivity contribution in [3.8, 4) is 11.1 Å². The number of amides is 3. The molecule has 51 heavy (non-hydrogen) atoms. The summed E-state index contributed by atoms with van der Waals surface area (Å²) in [6, 6.07) is 7.63. The molecule has 0 radical (unpaired) electrons. The van der Waals surface area contributed by atoms with E-state index in [0.29, 0.717) is 39.9 Å². The quantitative estimate of drug-likeness (QED) is 0.217. The third-order valence-corrected chi connectivity index (χ3v) is 9.90. The van der Waals surface area contributed by atoms with Gasteiger partial charge in [-0.1, -0.05) is 32.4 Å².